The Labute approximate surface area is 150 Å². The molecule has 1 aliphatic heterocycles. The van der Waals surface area contributed by atoms with Gasteiger partial charge < -0.3 is 20.0 Å². The minimum atomic E-state index is -0.104. The number of carbonyl (C=O) groups is 2. The van der Waals surface area contributed by atoms with Crippen molar-refractivity contribution in [3.63, 3.8) is 0 Å². The van der Waals surface area contributed by atoms with Crippen LogP contribution in [0.25, 0.3) is 0 Å². The quantitative estimate of drug-likeness (QED) is 0.915. The molecule has 0 aliphatic carbocycles. The highest BCUT2D eigenvalue weighted by molar-refractivity contribution is 5.96. The highest BCUT2D eigenvalue weighted by Crippen LogP contribution is 2.22. The van der Waals surface area contributed by atoms with E-state index < -0.39 is 0 Å². The summed E-state index contributed by atoms with van der Waals surface area (Å²) >= 11 is 0. The molecule has 0 radical (unpaired) electrons. The molecule has 1 saturated heterocycles. The van der Waals surface area contributed by atoms with E-state index in [1.54, 1.807) is 31.1 Å². The fraction of sp³-hybridized carbons (Fsp3) is 0.579. The van der Waals surface area contributed by atoms with Crippen molar-refractivity contribution in [2.45, 2.75) is 26.3 Å². The Morgan fingerprint density at radius 3 is 2.48 bits per heavy atom. The van der Waals surface area contributed by atoms with E-state index in [9.17, 15) is 9.59 Å². The van der Waals surface area contributed by atoms with E-state index in [2.05, 4.69) is 24.2 Å². The molecule has 1 N–H and O–H groups in total. The van der Waals surface area contributed by atoms with Gasteiger partial charge in [-0.1, -0.05) is 6.92 Å². The number of urea groups is 1. The SMILES string of the molecule is Cc1cc(NC(=O)N(C)[C@H]2CCN(C)C[C@@H]2C)ccc1C(=O)N(C)C. The highest BCUT2D eigenvalue weighted by atomic mass is 16.2. The summed E-state index contributed by atoms with van der Waals surface area (Å²) in [6, 6.07) is 5.54. The Kier molecular flexibility index (Phi) is 6.06. The third-order valence-corrected chi connectivity index (χ3v) is 5.00. The number of nitrogens with one attached hydrogen (secondary N) is 1. The molecule has 1 heterocycles. The predicted octanol–water partition coefficient (Wildman–Crippen LogP) is 2.50. The molecule has 1 aromatic rings. The molecule has 25 heavy (non-hydrogen) atoms. The number of hydrogen-bond donors (Lipinski definition) is 1. The number of piperidine rings is 1. The van der Waals surface area contributed by atoms with E-state index in [0.717, 1.165) is 25.1 Å². The van der Waals surface area contributed by atoms with Gasteiger partial charge in [-0.2, -0.15) is 0 Å². The van der Waals surface area contributed by atoms with Crippen LogP contribution in [0.2, 0.25) is 0 Å². The van der Waals surface area contributed by atoms with E-state index in [0.29, 0.717) is 17.2 Å². The molecule has 1 aliphatic rings. The minimum absolute atomic E-state index is 0.0346. The number of likely N-dealkylation sites (tertiary alicyclic amines) is 1. The molecule has 0 spiro atoms. The monoisotopic (exact) mass is 346 g/mol. The van der Waals surface area contributed by atoms with E-state index >= 15 is 0 Å². The minimum Gasteiger partial charge on any atom is -0.345 e. The van der Waals surface area contributed by atoms with Crippen LogP contribution in [0.1, 0.15) is 29.3 Å². The number of nitrogens with zero attached hydrogens (tertiary/aromatic N) is 3. The van der Waals surface area contributed by atoms with Gasteiger partial charge in [-0.05, 0) is 56.6 Å². The van der Waals surface area contributed by atoms with Gasteiger partial charge in [-0.25, -0.2) is 4.79 Å². The number of aryl methyl sites for hydroxylation is 1. The van der Waals surface area contributed by atoms with Crippen molar-refractivity contribution >= 4 is 17.6 Å². The van der Waals surface area contributed by atoms with Gasteiger partial charge in [0, 0.05) is 45.0 Å². The first-order chi connectivity index (χ1) is 11.7. The lowest BCUT2D eigenvalue weighted by atomic mass is 9.93. The first-order valence-corrected chi connectivity index (χ1v) is 8.75. The summed E-state index contributed by atoms with van der Waals surface area (Å²) in [7, 11) is 7.44. The molecule has 1 fully saturated rings. The van der Waals surface area contributed by atoms with Gasteiger partial charge in [0.15, 0.2) is 0 Å². The van der Waals surface area contributed by atoms with Gasteiger partial charge in [0.25, 0.3) is 5.91 Å². The van der Waals surface area contributed by atoms with Gasteiger partial charge in [0.1, 0.15) is 0 Å². The third-order valence-electron chi connectivity index (χ3n) is 5.00. The van der Waals surface area contributed by atoms with Crippen molar-refractivity contribution in [2.24, 2.45) is 5.92 Å². The zero-order valence-electron chi connectivity index (χ0n) is 16.2. The van der Waals surface area contributed by atoms with E-state index in [4.69, 9.17) is 0 Å². The molecule has 6 heteroatoms. The van der Waals surface area contributed by atoms with Crippen LogP contribution in [0.5, 0.6) is 0 Å². The number of rotatable bonds is 3. The van der Waals surface area contributed by atoms with Gasteiger partial charge in [0.2, 0.25) is 0 Å². The number of anilines is 1. The van der Waals surface area contributed by atoms with Gasteiger partial charge >= 0.3 is 6.03 Å². The van der Waals surface area contributed by atoms with Crippen LogP contribution in [0.15, 0.2) is 18.2 Å². The van der Waals surface area contributed by atoms with Crippen molar-refractivity contribution in [3.8, 4) is 0 Å². The Balaban J connectivity index is 2.05. The van der Waals surface area contributed by atoms with Crippen molar-refractivity contribution in [1.29, 1.82) is 0 Å². The molecule has 3 amide bonds. The van der Waals surface area contributed by atoms with Crippen LogP contribution >= 0.6 is 0 Å². The number of carbonyl (C=O) groups excluding carboxylic acids is 2. The van der Waals surface area contributed by atoms with Crippen LogP contribution in [0.4, 0.5) is 10.5 Å². The van der Waals surface area contributed by atoms with Crippen molar-refractivity contribution in [2.75, 3.05) is 46.6 Å². The van der Waals surface area contributed by atoms with Gasteiger partial charge in [-0.3, -0.25) is 4.79 Å². The smallest absolute Gasteiger partial charge is 0.321 e. The predicted molar refractivity (Wildman–Crippen MR) is 101 cm³/mol. The second-order valence-electron chi connectivity index (χ2n) is 7.37. The van der Waals surface area contributed by atoms with E-state index in [-0.39, 0.29) is 18.0 Å². The summed E-state index contributed by atoms with van der Waals surface area (Å²) < 4.78 is 0. The van der Waals surface area contributed by atoms with Crippen LogP contribution in [-0.4, -0.2) is 74.0 Å². The molecule has 1 aromatic carbocycles. The molecular weight excluding hydrogens is 316 g/mol. The Hall–Kier alpha value is -2.08. The molecule has 6 nitrogen and oxygen atoms in total. The average Bonchev–Trinajstić information content (AvgIpc) is 2.53. The van der Waals surface area contributed by atoms with E-state index in [1.807, 2.05) is 24.9 Å². The first kappa shape index (κ1) is 19.2. The third kappa shape index (κ3) is 4.51. The van der Waals surface area contributed by atoms with Crippen molar-refractivity contribution in [1.82, 2.24) is 14.7 Å². The topological polar surface area (TPSA) is 55.9 Å². The fourth-order valence-corrected chi connectivity index (χ4v) is 3.50. The Morgan fingerprint density at radius 1 is 1.24 bits per heavy atom. The standard InChI is InChI=1S/C19H30N4O2/c1-13-11-15(7-8-16(13)18(24)21(3)4)20-19(25)23(6)17-9-10-22(5)12-14(17)2/h7-8,11,14,17H,9-10,12H2,1-6H3,(H,20,25)/t14-,17-/m0/s1. The number of amides is 3. The van der Waals surface area contributed by atoms with Crippen LogP contribution < -0.4 is 5.32 Å². The molecule has 0 aromatic heterocycles. The van der Waals surface area contributed by atoms with Gasteiger partial charge in [0.05, 0.1) is 0 Å². The average molecular weight is 346 g/mol. The maximum Gasteiger partial charge on any atom is 0.321 e. The maximum absolute atomic E-state index is 12.6. The maximum atomic E-state index is 12.6. The second-order valence-corrected chi connectivity index (χ2v) is 7.37. The van der Waals surface area contributed by atoms with Crippen LogP contribution in [0.3, 0.4) is 0 Å². The Morgan fingerprint density at radius 2 is 1.92 bits per heavy atom. The van der Waals surface area contributed by atoms with Crippen molar-refractivity contribution < 1.29 is 9.59 Å². The molecule has 2 atom stereocenters. The normalized spacial score (nSPS) is 20.9. The molecule has 0 unspecified atom stereocenters. The highest BCUT2D eigenvalue weighted by Gasteiger charge is 2.30. The van der Waals surface area contributed by atoms with Crippen molar-refractivity contribution in [3.05, 3.63) is 29.3 Å². The number of benzene rings is 1. The molecule has 2 rings (SSSR count). The molecule has 0 bridgehead atoms. The zero-order valence-corrected chi connectivity index (χ0v) is 16.2. The summed E-state index contributed by atoms with van der Waals surface area (Å²) in [4.78, 5) is 30.4. The largest absolute Gasteiger partial charge is 0.345 e. The summed E-state index contributed by atoms with van der Waals surface area (Å²) in [5.74, 6) is 0.406. The lowest BCUT2D eigenvalue weighted by Crippen LogP contribution is -2.50. The second kappa shape index (κ2) is 7.87. The summed E-state index contributed by atoms with van der Waals surface area (Å²) in [5, 5.41) is 2.96. The van der Waals surface area contributed by atoms with E-state index in [1.165, 1.54) is 0 Å². The summed E-state index contributed by atoms with van der Waals surface area (Å²) in [5.41, 5.74) is 2.22. The van der Waals surface area contributed by atoms with Gasteiger partial charge in [-0.15, -0.1) is 0 Å². The van der Waals surface area contributed by atoms with Crippen LogP contribution in [0, 0.1) is 12.8 Å². The molecule has 138 valence electrons. The molecular formula is C19H30N4O2. The lowest BCUT2D eigenvalue weighted by molar-refractivity contribution is 0.0827. The number of hydrogen-bond acceptors (Lipinski definition) is 3. The summed E-state index contributed by atoms with van der Waals surface area (Å²) in [6.07, 6.45) is 0.983. The fourth-order valence-electron chi connectivity index (χ4n) is 3.50. The summed E-state index contributed by atoms with van der Waals surface area (Å²) in [6.45, 7) is 6.08. The lowest BCUT2D eigenvalue weighted by Gasteiger charge is -2.39. The zero-order chi connectivity index (χ0) is 18.7. The Bertz CT molecular complexity index is 644. The first-order valence-electron chi connectivity index (χ1n) is 8.75. The van der Waals surface area contributed by atoms with Crippen LogP contribution in [-0.2, 0) is 0 Å². The molecule has 0 saturated carbocycles.